The maximum atomic E-state index is 8.36. The van der Waals surface area contributed by atoms with Gasteiger partial charge < -0.3 is 14.6 Å². The molecule has 1 N–H and O–H groups in total. The van der Waals surface area contributed by atoms with Crippen LogP contribution in [0.4, 0.5) is 0 Å². The summed E-state index contributed by atoms with van der Waals surface area (Å²) in [6.07, 6.45) is 5.64. The van der Waals surface area contributed by atoms with Crippen molar-refractivity contribution in [3.8, 4) is 22.8 Å². The van der Waals surface area contributed by atoms with E-state index >= 15 is 0 Å². The Morgan fingerprint density at radius 3 is 2.57 bits per heavy atom. The Kier molecular flexibility index (Phi) is 7.58. The molecule has 4 rings (SSSR count). The molecule has 1 aliphatic rings. The lowest BCUT2D eigenvalue weighted by molar-refractivity contribution is -0.122. The second kappa shape index (κ2) is 10.6. The van der Waals surface area contributed by atoms with Gasteiger partial charge in [0, 0.05) is 44.6 Å². The predicted octanol–water partition coefficient (Wildman–Crippen LogP) is 1.99. The van der Waals surface area contributed by atoms with Gasteiger partial charge in [0.05, 0.1) is 30.8 Å². The minimum Gasteiger partial charge on any atom is -0.492 e. The van der Waals surface area contributed by atoms with E-state index in [9.17, 15) is 0 Å². The van der Waals surface area contributed by atoms with Gasteiger partial charge in [0.15, 0.2) is 0 Å². The van der Waals surface area contributed by atoms with Gasteiger partial charge >= 0.3 is 0 Å². The second-order valence-corrected chi connectivity index (χ2v) is 6.79. The van der Waals surface area contributed by atoms with Crippen LogP contribution in [0.15, 0.2) is 42.9 Å². The lowest BCUT2D eigenvalue weighted by atomic mass is 10.2. The quantitative estimate of drug-likeness (QED) is 0.618. The van der Waals surface area contributed by atoms with Crippen LogP contribution in [-0.2, 0) is 16.6 Å². The van der Waals surface area contributed by atoms with Crippen molar-refractivity contribution in [3.05, 3.63) is 48.5 Å². The number of nitrogens with zero attached hydrogens (tertiary/aromatic N) is 5. The highest BCUT2D eigenvalue weighted by Gasteiger charge is 2.13. The topological polar surface area (TPSA) is 94.6 Å². The zero-order valence-corrected chi connectivity index (χ0v) is 17.3. The third kappa shape index (κ3) is 5.25. The summed E-state index contributed by atoms with van der Waals surface area (Å²) in [5.74, 6) is 1.77. The van der Waals surface area contributed by atoms with E-state index in [4.69, 9.17) is 19.4 Å². The largest absolute Gasteiger partial charge is 0.492 e. The maximum Gasteiger partial charge on any atom is 0.290 e. The summed E-state index contributed by atoms with van der Waals surface area (Å²) >= 11 is 0. The monoisotopic (exact) mass is 413 g/mol. The first-order chi connectivity index (χ1) is 14.6. The van der Waals surface area contributed by atoms with E-state index in [0.29, 0.717) is 6.61 Å². The molecule has 1 saturated heterocycles. The molecule has 0 radical (unpaired) electrons. The molecule has 0 atom stereocenters. The molecule has 3 aromatic rings. The SMILES string of the molecule is Cc1c(-n2ccnc2-c2ccc(OCCN3CCOCC3)cc2)cnn1C.O=CO. The van der Waals surface area contributed by atoms with Crippen molar-refractivity contribution in [2.75, 3.05) is 39.5 Å². The van der Waals surface area contributed by atoms with Crippen molar-refractivity contribution in [1.29, 1.82) is 0 Å². The number of morpholine rings is 1. The van der Waals surface area contributed by atoms with E-state index in [0.717, 1.165) is 61.4 Å². The van der Waals surface area contributed by atoms with E-state index in [1.165, 1.54) is 0 Å². The van der Waals surface area contributed by atoms with Gasteiger partial charge in [-0.2, -0.15) is 5.10 Å². The Labute approximate surface area is 175 Å². The van der Waals surface area contributed by atoms with Crippen molar-refractivity contribution < 1.29 is 19.4 Å². The predicted molar refractivity (Wildman–Crippen MR) is 112 cm³/mol. The molecule has 30 heavy (non-hydrogen) atoms. The van der Waals surface area contributed by atoms with Crippen LogP contribution in [0.3, 0.4) is 0 Å². The highest BCUT2D eigenvalue weighted by Crippen LogP contribution is 2.25. The molecule has 0 aliphatic carbocycles. The Morgan fingerprint density at radius 1 is 1.23 bits per heavy atom. The number of carbonyl (C=O) groups is 1. The van der Waals surface area contributed by atoms with E-state index in [1.807, 2.05) is 42.5 Å². The molecule has 0 bridgehead atoms. The van der Waals surface area contributed by atoms with Crippen molar-refractivity contribution >= 4 is 6.47 Å². The van der Waals surface area contributed by atoms with Crippen LogP contribution in [0.2, 0.25) is 0 Å². The number of carboxylic acid groups (broad SMARTS) is 1. The summed E-state index contributed by atoms with van der Waals surface area (Å²) in [6.45, 7) is 7.02. The van der Waals surface area contributed by atoms with Gasteiger partial charge in [-0.05, 0) is 31.2 Å². The number of benzene rings is 1. The fraction of sp³-hybridized carbons (Fsp3) is 0.381. The highest BCUT2D eigenvalue weighted by atomic mass is 16.5. The number of aryl methyl sites for hydroxylation is 1. The molecular weight excluding hydrogens is 386 g/mol. The van der Waals surface area contributed by atoms with Crippen LogP contribution < -0.4 is 4.74 Å². The van der Waals surface area contributed by atoms with Crippen LogP contribution in [-0.4, -0.2) is 75.3 Å². The minimum atomic E-state index is -0.250. The minimum absolute atomic E-state index is 0.250. The number of imidazole rings is 1. The summed E-state index contributed by atoms with van der Waals surface area (Å²) in [5.41, 5.74) is 3.18. The second-order valence-electron chi connectivity index (χ2n) is 6.79. The van der Waals surface area contributed by atoms with Crippen LogP contribution in [0.1, 0.15) is 5.69 Å². The van der Waals surface area contributed by atoms with Gasteiger partial charge in [-0.25, -0.2) is 4.98 Å². The molecule has 2 aromatic heterocycles. The van der Waals surface area contributed by atoms with Gasteiger partial charge in [-0.3, -0.25) is 18.9 Å². The molecule has 9 nitrogen and oxygen atoms in total. The Hall–Kier alpha value is -3.17. The molecule has 9 heteroatoms. The number of aromatic nitrogens is 4. The van der Waals surface area contributed by atoms with Crippen LogP contribution >= 0.6 is 0 Å². The lowest BCUT2D eigenvalue weighted by Gasteiger charge is -2.26. The Bertz CT molecular complexity index is 929. The first-order valence-electron chi connectivity index (χ1n) is 9.77. The van der Waals surface area contributed by atoms with Crippen LogP contribution in [0.5, 0.6) is 5.75 Å². The average molecular weight is 413 g/mol. The zero-order valence-electron chi connectivity index (χ0n) is 17.3. The standard InChI is InChI=1S/C20H25N5O2.CH2O2/c1-16-19(15-22-23(16)2)25-8-7-21-20(25)17-3-5-18(6-4-17)27-14-11-24-9-12-26-13-10-24;2-1-3/h3-8,15H,9-14H2,1-2H3;1H,(H,2,3). The van der Waals surface area contributed by atoms with Gasteiger partial charge in [0.2, 0.25) is 0 Å². The average Bonchev–Trinajstić information content (AvgIpc) is 3.37. The Balaban J connectivity index is 0.000000806. The number of hydrogen-bond acceptors (Lipinski definition) is 6. The van der Waals surface area contributed by atoms with Crippen molar-refractivity contribution in [1.82, 2.24) is 24.2 Å². The Morgan fingerprint density at radius 2 is 1.93 bits per heavy atom. The molecule has 1 aliphatic heterocycles. The first-order valence-corrected chi connectivity index (χ1v) is 9.77. The summed E-state index contributed by atoms with van der Waals surface area (Å²) in [5, 5.41) is 11.2. The third-order valence-corrected chi connectivity index (χ3v) is 5.00. The van der Waals surface area contributed by atoms with E-state index < -0.39 is 0 Å². The fourth-order valence-corrected chi connectivity index (χ4v) is 3.25. The van der Waals surface area contributed by atoms with Gasteiger partial charge in [0.25, 0.3) is 6.47 Å². The lowest BCUT2D eigenvalue weighted by Crippen LogP contribution is -2.38. The molecule has 160 valence electrons. The molecule has 3 heterocycles. The molecule has 0 unspecified atom stereocenters. The van der Waals surface area contributed by atoms with Gasteiger partial charge in [-0.15, -0.1) is 0 Å². The molecule has 0 spiro atoms. The van der Waals surface area contributed by atoms with Crippen molar-refractivity contribution in [2.45, 2.75) is 6.92 Å². The zero-order chi connectivity index (χ0) is 21.3. The number of hydrogen-bond donors (Lipinski definition) is 1. The van der Waals surface area contributed by atoms with Gasteiger partial charge in [0.1, 0.15) is 18.2 Å². The smallest absolute Gasteiger partial charge is 0.290 e. The molecule has 0 amide bonds. The normalized spacial score (nSPS) is 14.1. The van der Waals surface area contributed by atoms with Crippen molar-refractivity contribution in [2.24, 2.45) is 7.05 Å². The third-order valence-electron chi connectivity index (χ3n) is 5.00. The summed E-state index contributed by atoms with van der Waals surface area (Å²) in [4.78, 5) is 15.3. The molecule has 1 aromatic carbocycles. The number of rotatable bonds is 6. The maximum absolute atomic E-state index is 8.36. The van der Waals surface area contributed by atoms with E-state index in [-0.39, 0.29) is 6.47 Å². The van der Waals surface area contributed by atoms with Crippen LogP contribution in [0.25, 0.3) is 17.1 Å². The molecule has 0 saturated carbocycles. The molecular formula is C21H27N5O4. The summed E-state index contributed by atoms with van der Waals surface area (Å²) in [7, 11) is 1.94. The fourth-order valence-electron chi connectivity index (χ4n) is 3.25. The summed E-state index contributed by atoms with van der Waals surface area (Å²) in [6, 6.07) is 8.11. The number of ether oxygens (including phenoxy) is 2. The first kappa shape index (κ1) is 21.5. The van der Waals surface area contributed by atoms with E-state index in [2.05, 4.69) is 38.6 Å². The summed E-state index contributed by atoms with van der Waals surface area (Å²) < 4.78 is 15.2. The van der Waals surface area contributed by atoms with Crippen molar-refractivity contribution in [3.63, 3.8) is 0 Å². The highest BCUT2D eigenvalue weighted by molar-refractivity contribution is 5.60. The van der Waals surface area contributed by atoms with Gasteiger partial charge in [-0.1, -0.05) is 0 Å². The van der Waals surface area contributed by atoms with E-state index in [1.54, 1.807) is 0 Å². The molecule has 1 fully saturated rings. The van der Waals surface area contributed by atoms with Crippen LogP contribution in [0, 0.1) is 6.92 Å².